The maximum absolute atomic E-state index is 5.59. The minimum atomic E-state index is 0.457. The summed E-state index contributed by atoms with van der Waals surface area (Å²) in [7, 11) is 0. The first-order valence-corrected chi connectivity index (χ1v) is 3.57. The summed E-state index contributed by atoms with van der Waals surface area (Å²) in [5.41, 5.74) is 6.04. The standard InChI is InChI=1S/C7H7N5O/c8-5-1-9-3-11-7(5)12-6-2-10-4-13-6/h1-4H,8H2,(H,9,11,12). The van der Waals surface area contributed by atoms with Crippen LogP contribution in [0, 0.1) is 0 Å². The highest BCUT2D eigenvalue weighted by molar-refractivity contribution is 5.64. The Balaban J connectivity index is 2.24. The van der Waals surface area contributed by atoms with Crippen LogP contribution in [0.2, 0.25) is 0 Å². The molecule has 2 aromatic rings. The maximum atomic E-state index is 5.59. The minimum absolute atomic E-state index is 0.457. The van der Waals surface area contributed by atoms with Gasteiger partial charge in [0.05, 0.1) is 18.1 Å². The lowest BCUT2D eigenvalue weighted by Crippen LogP contribution is -1.98. The van der Waals surface area contributed by atoms with Crippen molar-refractivity contribution in [3.05, 3.63) is 25.1 Å². The number of hydrogen-bond donors (Lipinski definition) is 2. The third-order valence-corrected chi connectivity index (χ3v) is 1.41. The van der Waals surface area contributed by atoms with Gasteiger partial charge < -0.3 is 15.5 Å². The molecule has 2 aromatic heterocycles. The molecule has 2 rings (SSSR count). The van der Waals surface area contributed by atoms with Crippen LogP contribution >= 0.6 is 0 Å². The Labute approximate surface area is 73.8 Å². The van der Waals surface area contributed by atoms with Crippen molar-refractivity contribution in [3.8, 4) is 0 Å². The van der Waals surface area contributed by atoms with Crippen LogP contribution in [0.3, 0.4) is 0 Å². The number of hydrogen-bond acceptors (Lipinski definition) is 6. The second-order valence-corrected chi connectivity index (χ2v) is 2.32. The van der Waals surface area contributed by atoms with Crippen LogP contribution in [0.5, 0.6) is 0 Å². The van der Waals surface area contributed by atoms with E-state index in [1.165, 1.54) is 25.1 Å². The summed E-state index contributed by atoms with van der Waals surface area (Å²) in [5.74, 6) is 0.997. The van der Waals surface area contributed by atoms with E-state index in [1.807, 2.05) is 0 Å². The van der Waals surface area contributed by atoms with Crippen molar-refractivity contribution in [1.29, 1.82) is 0 Å². The highest BCUT2D eigenvalue weighted by atomic mass is 16.4. The van der Waals surface area contributed by atoms with Crippen molar-refractivity contribution < 1.29 is 4.42 Å². The number of nitrogen functional groups attached to an aromatic ring is 1. The van der Waals surface area contributed by atoms with E-state index in [9.17, 15) is 0 Å². The summed E-state index contributed by atoms with van der Waals surface area (Å²) in [5, 5.41) is 2.85. The third kappa shape index (κ3) is 1.56. The van der Waals surface area contributed by atoms with Crippen molar-refractivity contribution in [2.24, 2.45) is 0 Å². The van der Waals surface area contributed by atoms with Crippen LogP contribution in [-0.2, 0) is 0 Å². The van der Waals surface area contributed by atoms with E-state index in [2.05, 4.69) is 20.3 Å². The minimum Gasteiger partial charge on any atom is -0.428 e. The van der Waals surface area contributed by atoms with Gasteiger partial charge in [0.25, 0.3) is 0 Å². The molecule has 0 saturated heterocycles. The molecule has 0 aliphatic carbocycles. The molecule has 0 aromatic carbocycles. The smallest absolute Gasteiger partial charge is 0.219 e. The second-order valence-electron chi connectivity index (χ2n) is 2.32. The maximum Gasteiger partial charge on any atom is 0.219 e. The monoisotopic (exact) mass is 177 g/mol. The van der Waals surface area contributed by atoms with Gasteiger partial charge in [0, 0.05) is 0 Å². The molecule has 0 amide bonds. The molecule has 0 radical (unpaired) electrons. The largest absolute Gasteiger partial charge is 0.428 e. The van der Waals surface area contributed by atoms with Crippen LogP contribution in [0.1, 0.15) is 0 Å². The molecule has 2 heterocycles. The lowest BCUT2D eigenvalue weighted by Gasteiger charge is -2.02. The van der Waals surface area contributed by atoms with Gasteiger partial charge in [0.15, 0.2) is 12.2 Å². The SMILES string of the molecule is Nc1cncnc1Nc1cnco1. The van der Waals surface area contributed by atoms with Crippen molar-refractivity contribution in [3.63, 3.8) is 0 Å². The Morgan fingerprint density at radius 2 is 2.23 bits per heavy atom. The highest BCUT2D eigenvalue weighted by Crippen LogP contribution is 2.17. The van der Waals surface area contributed by atoms with Crippen LogP contribution < -0.4 is 11.1 Å². The molecule has 6 nitrogen and oxygen atoms in total. The third-order valence-electron chi connectivity index (χ3n) is 1.41. The molecular weight excluding hydrogens is 170 g/mol. The summed E-state index contributed by atoms with van der Waals surface area (Å²) >= 11 is 0. The number of aromatic nitrogens is 3. The average Bonchev–Trinajstić information content (AvgIpc) is 2.61. The second kappa shape index (κ2) is 3.10. The van der Waals surface area contributed by atoms with E-state index in [0.29, 0.717) is 17.4 Å². The van der Waals surface area contributed by atoms with E-state index in [0.717, 1.165) is 0 Å². The zero-order valence-electron chi connectivity index (χ0n) is 6.64. The summed E-state index contributed by atoms with van der Waals surface area (Å²) in [6.45, 7) is 0. The first kappa shape index (κ1) is 7.53. The highest BCUT2D eigenvalue weighted by Gasteiger charge is 2.01. The molecule has 0 unspecified atom stereocenters. The molecule has 3 N–H and O–H groups in total. The molecule has 0 spiro atoms. The van der Waals surface area contributed by atoms with E-state index in [1.54, 1.807) is 0 Å². The number of nitrogens with zero attached hydrogens (tertiary/aromatic N) is 3. The molecule has 0 atom stereocenters. The van der Waals surface area contributed by atoms with Gasteiger partial charge >= 0.3 is 0 Å². The molecule has 0 saturated carbocycles. The van der Waals surface area contributed by atoms with Crippen LogP contribution in [0.4, 0.5) is 17.4 Å². The van der Waals surface area contributed by atoms with Crippen LogP contribution in [0.25, 0.3) is 0 Å². The van der Waals surface area contributed by atoms with Gasteiger partial charge in [-0.15, -0.1) is 0 Å². The van der Waals surface area contributed by atoms with Gasteiger partial charge in [-0.05, 0) is 0 Å². The number of oxazole rings is 1. The van der Waals surface area contributed by atoms with Crippen molar-refractivity contribution in [1.82, 2.24) is 15.0 Å². The van der Waals surface area contributed by atoms with Gasteiger partial charge in [-0.1, -0.05) is 0 Å². The summed E-state index contributed by atoms with van der Waals surface area (Å²) < 4.78 is 4.95. The van der Waals surface area contributed by atoms with Gasteiger partial charge in [0.1, 0.15) is 6.33 Å². The van der Waals surface area contributed by atoms with Gasteiger partial charge in [-0.2, -0.15) is 0 Å². The van der Waals surface area contributed by atoms with E-state index in [-0.39, 0.29) is 0 Å². The Morgan fingerprint density at radius 3 is 2.92 bits per heavy atom. The fourth-order valence-corrected chi connectivity index (χ4v) is 0.839. The molecule has 0 fully saturated rings. The molecule has 66 valence electrons. The number of nitrogens with one attached hydrogen (secondary N) is 1. The quantitative estimate of drug-likeness (QED) is 0.704. The Hall–Kier alpha value is -2.11. The summed E-state index contributed by atoms with van der Waals surface area (Å²) in [6, 6.07) is 0. The first-order valence-electron chi connectivity index (χ1n) is 3.57. The fraction of sp³-hybridized carbons (Fsp3) is 0. The topological polar surface area (TPSA) is 89.9 Å². The zero-order valence-corrected chi connectivity index (χ0v) is 6.64. The van der Waals surface area contributed by atoms with Crippen LogP contribution in [-0.4, -0.2) is 15.0 Å². The normalized spacial score (nSPS) is 9.85. The number of anilines is 3. The molecule has 0 aliphatic heterocycles. The molecular formula is C7H7N5O. The first-order chi connectivity index (χ1) is 6.36. The summed E-state index contributed by atoms with van der Waals surface area (Å²) in [6.07, 6.45) is 5.75. The Morgan fingerprint density at radius 1 is 1.31 bits per heavy atom. The Bertz CT molecular complexity index is 386. The van der Waals surface area contributed by atoms with Crippen molar-refractivity contribution in [2.45, 2.75) is 0 Å². The zero-order chi connectivity index (χ0) is 9.10. The van der Waals surface area contributed by atoms with Crippen molar-refractivity contribution >= 4 is 17.4 Å². The molecule has 13 heavy (non-hydrogen) atoms. The molecule has 0 aliphatic rings. The van der Waals surface area contributed by atoms with Gasteiger partial charge in [-0.25, -0.2) is 15.0 Å². The molecule has 0 bridgehead atoms. The lowest BCUT2D eigenvalue weighted by molar-refractivity contribution is 0.574. The van der Waals surface area contributed by atoms with Crippen molar-refractivity contribution in [2.75, 3.05) is 11.1 Å². The molecule has 6 heteroatoms. The van der Waals surface area contributed by atoms with Gasteiger partial charge in [0.2, 0.25) is 5.88 Å². The number of nitrogens with two attached hydrogens (primary N) is 1. The van der Waals surface area contributed by atoms with E-state index < -0.39 is 0 Å². The predicted molar refractivity (Wildman–Crippen MR) is 46.2 cm³/mol. The van der Waals surface area contributed by atoms with Gasteiger partial charge in [-0.3, -0.25) is 0 Å². The Kier molecular flexibility index (Phi) is 1.79. The average molecular weight is 177 g/mol. The fourth-order valence-electron chi connectivity index (χ4n) is 0.839. The predicted octanol–water partition coefficient (Wildman–Crippen LogP) is 0.790. The van der Waals surface area contributed by atoms with Crippen LogP contribution in [0.15, 0.2) is 29.5 Å². The van der Waals surface area contributed by atoms with E-state index in [4.69, 9.17) is 10.2 Å². The summed E-state index contributed by atoms with van der Waals surface area (Å²) in [4.78, 5) is 11.4. The van der Waals surface area contributed by atoms with E-state index >= 15 is 0 Å². The number of rotatable bonds is 2. The lowest BCUT2D eigenvalue weighted by atomic mass is 10.5.